The Kier molecular flexibility index (Phi) is 4.41. The molecule has 0 aliphatic heterocycles. The molecule has 1 aromatic heterocycles. The van der Waals surface area contributed by atoms with Gasteiger partial charge in [-0.25, -0.2) is 4.98 Å². The number of nitrogens with one attached hydrogen (secondary N) is 2. The van der Waals surface area contributed by atoms with Gasteiger partial charge in [0.1, 0.15) is 5.82 Å². The largest absolute Gasteiger partial charge is 0.399 e. The van der Waals surface area contributed by atoms with Crippen LogP contribution in [-0.4, -0.2) is 28.9 Å². The number of hydrogen-bond donors (Lipinski definition) is 3. The van der Waals surface area contributed by atoms with Gasteiger partial charge in [0, 0.05) is 30.0 Å². The number of alkyl halides is 1. The SMILES string of the molecule is C=CCNc1nc(NCCCl)nc2ccc(N)cc12. The minimum Gasteiger partial charge on any atom is -0.399 e. The smallest absolute Gasteiger partial charge is 0.225 e. The van der Waals surface area contributed by atoms with Crippen molar-refractivity contribution in [3.8, 4) is 0 Å². The van der Waals surface area contributed by atoms with Crippen LogP contribution in [0.15, 0.2) is 30.9 Å². The number of anilines is 3. The lowest BCUT2D eigenvalue weighted by atomic mass is 10.2. The van der Waals surface area contributed by atoms with Gasteiger partial charge in [-0.15, -0.1) is 18.2 Å². The fraction of sp³-hybridized carbons (Fsp3) is 0.231. The fourth-order valence-electron chi connectivity index (χ4n) is 1.69. The number of aromatic nitrogens is 2. The Morgan fingerprint density at radius 3 is 2.89 bits per heavy atom. The summed E-state index contributed by atoms with van der Waals surface area (Å²) in [7, 11) is 0. The zero-order chi connectivity index (χ0) is 13.7. The van der Waals surface area contributed by atoms with E-state index in [1.807, 2.05) is 18.2 Å². The highest BCUT2D eigenvalue weighted by Crippen LogP contribution is 2.24. The van der Waals surface area contributed by atoms with Crippen LogP contribution in [-0.2, 0) is 0 Å². The molecule has 6 heteroatoms. The topological polar surface area (TPSA) is 75.9 Å². The molecule has 0 radical (unpaired) electrons. The summed E-state index contributed by atoms with van der Waals surface area (Å²) in [5.74, 6) is 1.78. The third kappa shape index (κ3) is 3.26. The summed E-state index contributed by atoms with van der Waals surface area (Å²) in [4.78, 5) is 8.84. The Labute approximate surface area is 116 Å². The summed E-state index contributed by atoms with van der Waals surface area (Å²) < 4.78 is 0. The molecule has 19 heavy (non-hydrogen) atoms. The second kappa shape index (κ2) is 6.24. The van der Waals surface area contributed by atoms with Crippen molar-refractivity contribution >= 4 is 40.0 Å². The highest BCUT2D eigenvalue weighted by atomic mass is 35.5. The predicted molar refractivity (Wildman–Crippen MR) is 81.8 cm³/mol. The van der Waals surface area contributed by atoms with Gasteiger partial charge in [0.25, 0.3) is 0 Å². The molecule has 0 bridgehead atoms. The zero-order valence-corrected chi connectivity index (χ0v) is 11.2. The van der Waals surface area contributed by atoms with Gasteiger partial charge in [0.15, 0.2) is 0 Å². The quantitative estimate of drug-likeness (QED) is 0.430. The first kappa shape index (κ1) is 13.4. The van der Waals surface area contributed by atoms with Crippen molar-refractivity contribution in [2.45, 2.75) is 0 Å². The van der Waals surface area contributed by atoms with E-state index in [9.17, 15) is 0 Å². The third-order valence-corrected chi connectivity index (χ3v) is 2.70. The number of hydrogen-bond acceptors (Lipinski definition) is 5. The number of nitrogen functional groups attached to an aromatic ring is 1. The number of benzene rings is 1. The minimum absolute atomic E-state index is 0.499. The van der Waals surface area contributed by atoms with Crippen molar-refractivity contribution in [2.24, 2.45) is 0 Å². The van der Waals surface area contributed by atoms with E-state index >= 15 is 0 Å². The van der Waals surface area contributed by atoms with Crippen LogP contribution in [0, 0.1) is 0 Å². The summed E-state index contributed by atoms with van der Waals surface area (Å²) in [6, 6.07) is 5.54. The zero-order valence-electron chi connectivity index (χ0n) is 10.5. The molecule has 0 spiro atoms. The van der Waals surface area contributed by atoms with Crippen molar-refractivity contribution < 1.29 is 0 Å². The van der Waals surface area contributed by atoms with Crippen molar-refractivity contribution in [3.63, 3.8) is 0 Å². The molecule has 0 fully saturated rings. The van der Waals surface area contributed by atoms with Crippen molar-refractivity contribution in [3.05, 3.63) is 30.9 Å². The molecule has 100 valence electrons. The average molecular weight is 278 g/mol. The Morgan fingerprint density at radius 1 is 1.32 bits per heavy atom. The molecule has 1 heterocycles. The molecule has 2 rings (SSSR count). The first-order chi connectivity index (χ1) is 9.24. The number of rotatable bonds is 6. The van der Waals surface area contributed by atoms with E-state index in [-0.39, 0.29) is 0 Å². The molecule has 0 saturated heterocycles. The first-order valence-electron chi connectivity index (χ1n) is 5.96. The molecule has 0 aliphatic carbocycles. The Balaban J connectivity index is 2.45. The molecule has 0 saturated carbocycles. The summed E-state index contributed by atoms with van der Waals surface area (Å²) >= 11 is 5.65. The van der Waals surface area contributed by atoms with Crippen molar-refractivity contribution in [1.82, 2.24) is 9.97 Å². The van der Waals surface area contributed by atoms with Gasteiger partial charge in [-0.2, -0.15) is 4.98 Å². The summed E-state index contributed by atoms with van der Waals surface area (Å²) in [6.07, 6.45) is 1.77. The van der Waals surface area contributed by atoms with E-state index < -0.39 is 0 Å². The molecular weight excluding hydrogens is 262 g/mol. The minimum atomic E-state index is 0.499. The number of halogens is 1. The number of nitrogens with zero attached hydrogens (tertiary/aromatic N) is 2. The highest BCUT2D eigenvalue weighted by Gasteiger charge is 2.07. The van der Waals surface area contributed by atoms with Gasteiger partial charge < -0.3 is 16.4 Å². The molecular formula is C13H16ClN5. The fourth-order valence-corrected chi connectivity index (χ4v) is 1.78. The van der Waals surface area contributed by atoms with Crippen LogP contribution < -0.4 is 16.4 Å². The third-order valence-electron chi connectivity index (χ3n) is 2.51. The standard InChI is InChI=1S/C13H16ClN5/c1-2-6-16-12-10-8-9(15)3-4-11(10)18-13(19-12)17-7-5-14/h2-4,8H,1,5-7,15H2,(H2,16,17,18,19). The van der Waals surface area contributed by atoms with Crippen molar-refractivity contribution in [1.29, 1.82) is 0 Å². The lowest BCUT2D eigenvalue weighted by Crippen LogP contribution is -2.09. The van der Waals surface area contributed by atoms with Gasteiger partial charge >= 0.3 is 0 Å². The van der Waals surface area contributed by atoms with E-state index in [0.717, 1.165) is 16.7 Å². The normalized spacial score (nSPS) is 10.4. The van der Waals surface area contributed by atoms with Crippen LogP contribution in [0.1, 0.15) is 0 Å². The van der Waals surface area contributed by atoms with Crippen molar-refractivity contribution in [2.75, 3.05) is 35.3 Å². The van der Waals surface area contributed by atoms with Gasteiger partial charge in [-0.05, 0) is 18.2 Å². The number of fused-ring (bicyclic) bond motifs is 1. The Hall–Kier alpha value is -2.01. The summed E-state index contributed by atoms with van der Waals surface area (Å²) in [5.41, 5.74) is 7.31. The average Bonchev–Trinajstić information content (AvgIpc) is 2.42. The lowest BCUT2D eigenvalue weighted by molar-refractivity contribution is 1.10. The monoisotopic (exact) mass is 277 g/mol. The van der Waals surface area contributed by atoms with E-state index in [2.05, 4.69) is 27.2 Å². The summed E-state index contributed by atoms with van der Waals surface area (Å²) in [6.45, 7) is 4.92. The van der Waals surface area contributed by atoms with Gasteiger partial charge in [0.2, 0.25) is 5.95 Å². The van der Waals surface area contributed by atoms with E-state index in [1.54, 1.807) is 6.08 Å². The van der Waals surface area contributed by atoms with E-state index in [0.29, 0.717) is 30.6 Å². The van der Waals surface area contributed by atoms with Crippen LogP contribution in [0.4, 0.5) is 17.5 Å². The second-order valence-electron chi connectivity index (χ2n) is 3.96. The lowest BCUT2D eigenvalue weighted by Gasteiger charge is -2.10. The molecule has 2 aromatic rings. The van der Waals surface area contributed by atoms with Gasteiger partial charge in [-0.1, -0.05) is 6.08 Å². The van der Waals surface area contributed by atoms with Crippen LogP contribution in [0.3, 0.4) is 0 Å². The van der Waals surface area contributed by atoms with E-state index in [1.165, 1.54) is 0 Å². The maximum absolute atomic E-state index is 5.80. The molecule has 0 atom stereocenters. The van der Waals surface area contributed by atoms with Crippen LogP contribution in [0.5, 0.6) is 0 Å². The Morgan fingerprint density at radius 2 is 2.16 bits per heavy atom. The van der Waals surface area contributed by atoms with Gasteiger partial charge in [-0.3, -0.25) is 0 Å². The maximum atomic E-state index is 5.80. The molecule has 5 nitrogen and oxygen atoms in total. The van der Waals surface area contributed by atoms with Crippen LogP contribution in [0.2, 0.25) is 0 Å². The molecule has 0 unspecified atom stereocenters. The van der Waals surface area contributed by atoms with Gasteiger partial charge in [0.05, 0.1) is 5.52 Å². The summed E-state index contributed by atoms with van der Waals surface area (Å²) in [5, 5.41) is 7.14. The van der Waals surface area contributed by atoms with E-state index in [4.69, 9.17) is 17.3 Å². The first-order valence-corrected chi connectivity index (χ1v) is 6.50. The maximum Gasteiger partial charge on any atom is 0.225 e. The molecule has 4 N–H and O–H groups in total. The highest BCUT2D eigenvalue weighted by molar-refractivity contribution is 6.18. The number of nitrogens with two attached hydrogens (primary N) is 1. The Bertz CT molecular complexity index is 585. The second-order valence-corrected chi connectivity index (χ2v) is 4.34. The van der Waals surface area contributed by atoms with Crippen LogP contribution in [0.25, 0.3) is 10.9 Å². The predicted octanol–water partition coefficient (Wildman–Crippen LogP) is 2.46. The molecule has 0 amide bonds. The molecule has 0 aliphatic rings. The van der Waals surface area contributed by atoms with Crippen LogP contribution >= 0.6 is 11.6 Å². The molecule has 1 aromatic carbocycles.